The lowest BCUT2D eigenvalue weighted by molar-refractivity contribution is 0.0288. The van der Waals surface area contributed by atoms with E-state index in [2.05, 4.69) is 19.1 Å². The third-order valence-corrected chi connectivity index (χ3v) is 5.30. The van der Waals surface area contributed by atoms with Crippen molar-refractivity contribution < 1.29 is 9.53 Å². The van der Waals surface area contributed by atoms with Crippen molar-refractivity contribution in [1.82, 2.24) is 0 Å². The minimum Gasteiger partial charge on any atom is -0.454 e. The molecule has 2 heteroatoms. The van der Waals surface area contributed by atoms with Crippen LogP contribution in [0.2, 0.25) is 0 Å². The van der Waals surface area contributed by atoms with Crippen LogP contribution in [0.15, 0.2) is 54.6 Å². The fraction of sp³-hybridized carbons (Fsp3) is 0.500. The first-order valence-electron chi connectivity index (χ1n) is 11.1. The molecule has 0 aromatic heterocycles. The maximum atomic E-state index is 12.5. The smallest absolute Gasteiger partial charge is 0.338 e. The number of hydrogen-bond acceptors (Lipinski definition) is 2. The van der Waals surface area contributed by atoms with Crippen LogP contribution < -0.4 is 0 Å². The third-order valence-electron chi connectivity index (χ3n) is 5.30. The molecule has 2 aromatic carbocycles. The summed E-state index contributed by atoms with van der Waals surface area (Å²) in [6, 6.07) is 17.9. The van der Waals surface area contributed by atoms with Gasteiger partial charge in [-0.25, -0.2) is 4.79 Å². The zero-order valence-corrected chi connectivity index (χ0v) is 17.7. The van der Waals surface area contributed by atoms with Crippen LogP contribution in [0.5, 0.6) is 0 Å². The topological polar surface area (TPSA) is 26.3 Å². The summed E-state index contributed by atoms with van der Waals surface area (Å²) in [5, 5.41) is 0. The van der Waals surface area contributed by atoms with Gasteiger partial charge >= 0.3 is 5.97 Å². The number of hydrogen-bond donors (Lipinski definition) is 0. The molecule has 2 nitrogen and oxygen atoms in total. The summed E-state index contributed by atoms with van der Waals surface area (Å²) >= 11 is 0. The van der Waals surface area contributed by atoms with Crippen molar-refractivity contribution in [2.45, 2.75) is 84.2 Å². The van der Waals surface area contributed by atoms with Crippen molar-refractivity contribution in [2.24, 2.45) is 0 Å². The molecule has 0 aliphatic rings. The molecule has 28 heavy (non-hydrogen) atoms. The Morgan fingerprint density at radius 1 is 0.786 bits per heavy atom. The molecule has 0 bridgehead atoms. The minimum atomic E-state index is -0.241. The summed E-state index contributed by atoms with van der Waals surface area (Å²) in [6.07, 6.45) is 12.4. The zero-order chi connectivity index (χ0) is 20.0. The average Bonchev–Trinajstić information content (AvgIpc) is 2.74. The van der Waals surface area contributed by atoms with Gasteiger partial charge in [-0.3, -0.25) is 0 Å². The van der Waals surface area contributed by atoms with Gasteiger partial charge in [0.25, 0.3) is 0 Å². The van der Waals surface area contributed by atoms with Crippen LogP contribution in [-0.4, -0.2) is 5.97 Å². The maximum Gasteiger partial charge on any atom is 0.338 e. The van der Waals surface area contributed by atoms with Gasteiger partial charge in [0.15, 0.2) is 0 Å². The predicted octanol–water partition coefficient (Wildman–Crippen LogP) is 7.68. The summed E-state index contributed by atoms with van der Waals surface area (Å²) in [4.78, 5) is 12.5. The van der Waals surface area contributed by atoms with Crippen molar-refractivity contribution >= 4 is 5.97 Å². The average molecular weight is 381 g/mol. The van der Waals surface area contributed by atoms with E-state index in [1.54, 1.807) is 0 Å². The van der Waals surface area contributed by atoms with Crippen LogP contribution in [0.4, 0.5) is 0 Å². The number of carbonyl (C=O) groups excluding carboxylic acids is 1. The van der Waals surface area contributed by atoms with Gasteiger partial charge in [0.2, 0.25) is 0 Å². The van der Waals surface area contributed by atoms with Crippen LogP contribution in [-0.2, 0) is 11.2 Å². The molecule has 1 unspecified atom stereocenters. The van der Waals surface area contributed by atoms with Crippen LogP contribution in [0.1, 0.15) is 99.2 Å². The molecule has 1 atom stereocenters. The number of unbranched alkanes of at least 4 members (excludes halogenated alkanes) is 7. The van der Waals surface area contributed by atoms with Crippen molar-refractivity contribution in [2.75, 3.05) is 0 Å². The van der Waals surface area contributed by atoms with Crippen molar-refractivity contribution in [1.29, 1.82) is 0 Å². The number of esters is 1. The molecule has 0 fully saturated rings. The standard InChI is InChI=1S/C26H36O2/c1-3-5-6-7-8-9-10-12-15-22-18-20-24(21-19-22)26(27)28-25(4-2)23-16-13-11-14-17-23/h11,13-14,16-21,25H,3-10,12,15H2,1-2H3. The number of aryl methyl sites for hydroxylation is 1. The van der Waals surface area contributed by atoms with E-state index >= 15 is 0 Å². The molecule has 0 saturated carbocycles. The zero-order valence-electron chi connectivity index (χ0n) is 17.7. The molecule has 2 aromatic rings. The summed E-state index contributed by atoms with van der Waals surface area (Å²) in [5.41, 5.74) is 2.98. The Morgan fingerprint density at radius 3 is 2.00 bits per heavy atom. The molecular weight excluding hydrogens is 344 g/mol. The van der Waals surface area contributed by atoms with E-state index in [9.17, 15) is 4.79 Å². The van der Waals surface area contributed by atoms with E-state index in [1.165, 1.54) is 56.9 Å². The van der Waals surface area contributed by atoms with Crippen LogP contribution in [0.25, 0.3) is 0 Å². The van der Waals surface area contributed by atoms with Gasteiger partial charge in [0.05, 0.1) is 5.56 Å². The van der Waals surface area contributed by atoms with E-state index in [-0.39, 0.29) is 12.1 Å². The van der Waals surface area contributed by atoms with E-state index in [0.717, 1.165) is 18.4 Å². The van der Waals surface area contributed by atoms with Gasteiger partial charge in [-0.15, -0.1) is 0 Å². The number of rotatable bonds is 13. The number of ether oxygens (including phenoxy) is 1. The normalized spacial score (nSPS) is 11.9. The second-order valence-corrected chi connectivity index (χ2v) is 7.63. The van der Waals surface area contributed by atoms with Crippen LogP contribution in [0.3, 0.4) is 0 Å². The molecule has 0 aliphatic heterocycles. The van der Waals surface area contributed by atoms with E-state index in [0.29, 0.717) is 5.56 Å². The number of benzene rings is 2. The summed E-state index contributed by atoms with van der Waals surface area (Å²) in [6.45, 7) is 4.30. The summed E-state index contributed by atoms with van der Waals surface area (Å²) in [5.74, 6) is -0.241. The largest absolute Gasteiger partial charge is 0.454 e. The highest BCUT2D eigenvalue weighted by Crippen LogP contribution is 2.22. The molecule has 0 heterocycles. The van der Waals surface area contributed by atoms with E-state index in [1.807, 2.05) is 49.4 Å². The molecule has 0 spiro atoms. The first-order chi connectivity index (χ1) is 13.7. The summed E-state index contributed by atoms with van der Waals surface area (Å²) in [7, 11) is 0. The lowest BCUT2D eigenvalue weighted by atomic mass is 10.0. The Labute approximate surface area is 171 Å². The highest BCUT2D eigenvalue weighted by Gasteiger charge is 2.16. The third kappa shape index (κ3) is 7.88. The first kappa shape index (κ1) is 22.2. The molecule has 0 N–H and O–H groups in total. The van der Waals surface area contributed by atoms with Gasteiger partial charge < -0.3 is 4.74 Å². The lowest BCUT2D eigenvalue weighted by Gasteiger charge is -2.16. The Bertz CT molecular complexity index is 661. The monoisotopic (exact) mass is 380 g/mol. The van der Waals surface area contributed by atoms with E-state index < -0.39 is 0 Å². The fourth-order valence-corrected chi connectivity index (χ4v) is 3.52. The number of carbonyl (C=O) groups is 1. The quantitative estimate of drug-likeness (QED) is 0.263. The second kappa shape index (κ2) is 13.1. The van der Waals surface area contributed by atoms with Crippen molar-refractivity contribution in [3.63, 3.8) is 0 Å². The molecule has 0 amide bonds. The first-order valence-corrected chi connectivity index (χ1v) is 11.1. The SMILES string of the molecule is CCCCCCCCCCc1ccc(C(=O)OC(CC)c2ccccc2)cc1. The second-order valence-electron chi connectivity index (χ2n) is 7.63. The van der Waals surface area contributed by atoms with Crippen molar-refractivity contribution in [3.05, 3.63) is 71.3 Å². The molecular formula is C26H36O2. The lowest BCUT2D eigenvalue weighted by Crippen LogP contribution is -2.11. The molecule has 0 aliphatic carbocycles. The molecule has 2 rings (SSSR count). The van der Waals surface area contributed by atoms with Gasteiger partial charge in [0, 0.05) is 0 Å². The Morgan fingerprint density at radius 2 is 1.39 bits per heavy atom. The molecule has 152 valence electrons. The summed E-state index contributed by atoms with van der Waals surface area (Å²) < 4.78 is 5.73. The van der Waals surface area contributed by atoms with Crippen LogP contribution >= 0.6 is 0 Å². The molecule has 0 radical (unpaired) electrons. The molecule has 0 saturated heterocycles. The maximum absolute atomic E-state index is 12.5. The fourth-order valence-electron chi connectivity index (χ4n) is 3.52. The van der Waals surface area contributed by atoms with Gasteiger partial charge in [0.1, 0.15) is 6.10 Å². The van der Waals surface area contributed by atoms with E-state index in [4.69, 9.17) is 4.74 Å². The van der Waals surface area contributed by atoms with Gasteiger partial charge in [-0.1, -0.05) is 101 Å². The van der Waals surface area contributed by atoms with Crippen LogP contribution in [0, 0.1) is 0 Å². The highest BCUT2D eigenvalue weighted by molar-refractivity contribution is 5.89. The van der Waals surface area contributed by atoms with Gasteiger partial charge in [-0.2, -0.15) is 0 Å². The van der Waals surface area contributed by atoms with Gasteiger partial charge in [-0.05, 0) is 42.5 Å². The Kier molecular flexibility index (Phi) is 10.4. The predicted molar refractivity (Wildman–Crippen MR) is 118 cm³/mol. The highest BCUT2D eigenvalue weighted by atomic mass is 16.5. The van der Waals surface area contributed by atoms with Crippen molar-refractivity contribution in [3.8, 4) is 0 Å². The Hall–Kier alpha value is -2.09. The Balaban J connectivity index is 1.73. The minimum absolute atomic E-state index is 0.189.